The van der Waals surface area contributed by atoms with Crippen molar-refractivity contribution in [1.82, 2.24) is 5.32 Å². The Hall–Kier alpha value is -3.80. The number of hydrogen-bond donors (Lipinski definition) is 2. The lowest BCUT2D eigenvalue weighted by molar-refractivity contribution is 0.0694. The molecule has 1 aliphatic heterocycles. The highest BCUT2D eigenvalue weighted by Gasteiger charge is 2.30. The van der Waals surface area contributed by atoms with Crippen LogP contribution >= 0.6 is 0 Å². The van der Waals surface area contributed by atoms with Gasteiger partial charge in [-0.3, -0.25) is 0 Å². The lowest BCUT2D eigenvalue weighted by Gasteiger charge is -2.27. The monoisotopic (exact) mass is 415 g/mol. The van der Waals surface area contributed by atoms with Gasteiger partial charge in [-0.05, 0) is 34.4 Å². The number of alkyl carbamates (subject to hydrolysis) is 1. The van der Waals surface area contributed by atoms with Crippen LogP contribution in [0, 0.1) is 0 Å². The summed E-state index contributed by atoms with van der Waals surface area (Å²) in [6, 6.07) is 20.9. The number of rotatable bonds is 4. The first kappa shape index (κ1) is 19.2. The summed E-state index contributed by atoms with van der Waals surface area (Å²) >= 11 is 0. The van der Waals surface area contributed by atoms with Gasteiger partial charge in [-0.15, -0.1) is 0 Å². The highest BCUT2D eigenvalue weighted by molar-refractivity contribution is 5.90. The van der Waals surface area contributed by atoms with Gasteiger partial charge < -0.3 is 19.9 Å². The number of carbonyl (C=O) groups excluding carboxylic acids is 1. The van der Waals surface area contributed by atoms with Gasteiger partial charge in [0.2, 0.25) is 0 Å². The topological polar surface area (TPSA) is 84.9 Å². The Morgan fingerprint density at radius 2 is 1.65 bits per heavy atom. The minimum Gasteiger partial charge on any atom is -0.491 e. The van der Waals surface area contributed by atoms with Crippen molar-refractivity contribution in [2.75, 3.05) is 13.2 Å². The van der Waals surface area contributed by atoms with E-state index < -0.39 is 12.1 Å². The molecule has 0 fully saturated rings. The molecular weight excluding hydrogens is 394 g/mol. The zero-order valence-electron chi connectivity index (χ0n) is 16.7. The van der Waals surface area contributed by atoms with Crippen molar-refractivity contribution in [2.45, 2.75) is 18.4 Å². The predicted octanol–water partition coefficient (Wildman–Crippen LogP) is 4.23. The first-order chi connectivity index (χ1) is 15.1. The standard InChI is InChI=1S/C25H21NO5/c27-24(28)20-10-5-11-23-21(20)12-15(13-30-23)26-25(29)31-14-22-18-8-3-1-6-16(18)17-7-2-4-9-19(17)22/h1-11,15,22H,12-14H2,(H,26,29)(H,27,28). The van der Waals surface area contributed by atoms with E-state index in [0.29, 0.717) is 17.7 Å². The fraction of sp³-hybridized carbons (Fsp3) is 0.200. The maximum atomic E-state index is 12.5. The number of benzene rings is 3. The quantitative estimate of drug-likeness (QED) is 0.666. The van der Waals surface area contributed by atoms with Crippen LogP contribution in [0.15, 0.2) is 66.7 Å². The van der Waals surface area contributed by atoms with Crippen LogP contribution in [0.1, 0.15) is 33.0 Å². The molecule has 0 bridgehead atoms. The van der Waals surface area contributed by atoms with Crippen LogP contribution < -0.4 is 10.1 Å². The second kappa shape index (κ2) is 7.80. The van der Waals surface area contributed by atoms with Gasteiger partial charge in [0.25, 0.3) is 0 Å². The van der Waals surface area contributed by atoms with Crippen molar-refractivity contribution in [1.29, 1.82) is 0 Å². The molecule has 0 spiro atoms. The van der Waals surface area contributed by atoms with E-state index in [1.54, 1.807) is 18.2 Å². The summed E-state index contributed by atoms with van der Waals surface area (Å²) in [6.07, 6.45) is -0.158. The van der Waals surface area contributed by atoms with Crippen LogP contribution in [-0.2, 0) is 11.2 Å². The van der Waals surface area contributed by atoms with Crippen molar-refractivity contribution in [2.24, 2.45) is 0 Å². The first-order valence-corrected chi connectivity index (χ1v) is 10.2. The molecule has 3 aromatic carbocycles. The van der Waals surface area contributed by atoms with E-state index >= 15 is 0 Å². The average molecular weight is 415 g/mol. The van der Waals surface area contributed by atoms with Crippen molar-refractivity contribution < 1.29 is 24.2 Å². The molecule has 1 amide bonds. The van der Waals surface area contributed by atoms with Gasteiger partial charge in [0.1, 0.15) is 19.0 Å². The Bertz CT molecular complexity index is 1130. The van der Waals surface area contributed by atoms with Crippen LogP contribution in [0.4, 0.5) is 4.79 Å². The Balaban J connectivity index is 1.26. The van der Waals surface area contributed by atoms with Crippen LogP contribution in [0.3, 0.4) is 0 Å². The highest BCUT2D eigenvalue weighted by atomic mass is 16.5. The number of fused-ring (bicyclic) bond motifs is 4. The van der Waals surface area contributed by atoms with Crippen LogP contribution in [0.25, 0.3) is 11.1 Å². The lowest BCUT2D eigenvalue weighted by atomic mass is 9.97. The summed E-state index contributed by atoms with van der Waals surface area (Å²) < 4.78 is 11.3. The van der Waals surface area contributed by atoms with Crippen molar-refractivity contribution in [3.63, 3.8) is 0 Å². The summed E-state index contributed by atoms with van der Waals surface area (Å²) in [5.41, 5.74) is 5.42. The fourth-order valence-electron chi connectivity index (χ4n) is 4.51. The maximum Gasteiger partial charge on any atom is 0.407 e. The molecule has 6 nitrogen and oxygen atoms in total. The van der Waals surface area contributed by atoms with Crippen molar-refractivity contribution >= 4 is 12.1 Å². The van der Waals surface area contributed by atoms with Gasteiger partial charge >= 0.3 is 12.1 Å². The van der Waals surface area contributed by atoms with E-state index in [0.717, 1.165) is 11.1 Å². The number of carbonyl (C=O) groups is 2. The molecule has 156 valence electrons. The third-order valence-corrected chi connectivity index (χ3v) is 5.92. The van der Waals surface area contributed by atoms with Crippen LogP contribution in [0.5, 0.6) is 5.75 Å². The molecule has 0 saturated carbocycles. The Labute approximate surface area is 179 Å². The minimum absolute atomic E-state index is 0.0138. The zero-order chi connectivity index (χ0) is 21.4. The smallest absolute Gasteiger partial charge is 0.407 e. The highest BCUT2D eigenvalue weighted by Crippen LogP contribution is 2.44. The average Bonchev–Trinajstić information content (AvgIpc) is 3.11. The van der Waals surface area contributed by atoms with E-state index in [1.807, 2.05) is 24.3 Å². The summed E-state index contributed by atoms with van der Waals surface area (Å²) in [5, 5.41) is 12.2. The van der Waals surface area contributed by atoms with Gasteiger partial charge in [-0.2, -0.15) is 0 Å². The van der Waals surface area contributed by atoms with Gasteiger partial charge in [0.05, 0.1) is 11.6 Å². The molecule has 5 rings (SSSR count). The Kier molecular flexibility index (Phi) is 4.82. The number of amides is 1. The predicted molar refractivity (Wildman–Crippen MR) is 115 cm³/mol. The van der Waals surface area contributed by atoms with Crippen LogP contribution in [0.2, 0.25) is 0 Å². The van der Waals surface area contributed by atoms with Crippen molar-refractivity contribution in [3.8, 4) is 16.9 Å². The first-order valence-electron chi connectivity index (χ1n) is 10.2. The molecule has 6 heteroatoms. The normalized spacial score (nSPS) is 16.5. The molecule has 0 aromatic heterocycles. The van der Waals surface area contributed by atoms with Gasteiger partial charge in [0.15, 0.2) is 0 Å². The molecule has 31 heavy (non-hydrogen) atoms. The molecule has 1 heterocycles. The van der Waals surface area contributed by atoms with Gasteiger partial charge in [0, 0.05) is 17.9 Å². The van der Waals surface area contributed by atoms with Gasteiger partial charge in [-0.25, -0.2) is 9.59 Å². The zero-order valence-corrected chi connectivity index (χ0v) is 16.7. The lowest BCUT2D eigenvalue weighted by Crippen LogP contribution is -2.43. The third kappa shape index (κ3) is 3.50. The van der Waals surface area contributed by atoms with E-state index in [4.69, 9.17) is 9.47 Å². The second-order valence-electron chi connectivity index (χ2n) is 7.77. The SMILES string of the molecule is O=C(NC1COc2cccc(C(=O)O)c2C1)OCC1c2ccccc2-c2ccccc21. The number of carboxylic acids is 1. The van der Waals surface area contributed by atoms with E-state index in [9.17, 15) is 14.7 Å². The van der Waals surface area contributed by atoms with Gasteiger partial charge in [-0.1, -0.05) is 54.6 Å². The molecule has 2 aliphatic rings. The van der Waals surface area contributed by atoms with Crippen LogP contribution in [-0.4, -0.2) is 36.4 Å². The van der Waals surface area contributed by atoms with E-state index in [2.05, 4.69) is 29.6 Å². The molecule has 0 radical (unpaired) electrons. The fourth-order valence-corrected chi connectivity index (χ4v) is 4.51. The number of carboxylic acid groups (broad SMARTS) is 1. The summed E-state index contributed by atoms with van der Waals surface area (Å²) in [4.78, 5) is 24.0. The minimum atomic E-state index is -1.01. The number of hydrogen-bond acceptors (Lipinski definition) is 4. The van der Waals surface area contributed by atoms with Crippen molar-refractivity contribution in [3.05, 3.63) is 89.0 Å². The largest absolute Gasteiger partial charge is 0.491 e. The molecule has 1 unspecified atom stereocenters. The molecule has 1 atom stereocenters. The molecular formula is C25H21NO5. The summed E-state index contributed by atoms with van der Waals surface area (Å²) in [5.74, 6) is -0.479. The third-order valence-electron chi connectivity index (χ3n) is 5.92. The number of aromatic carboxylic acids is 1. The molecule has 0 saturated heterocycles. The Morgan fingerprint density at radius 3 is 2.32 bits per heavy atom. The van der Waals surface area contributed by atoms with E-state index in [-0.39, 0.29) is 30.7 Å². The Morgan fingerprint density at radius 1 is 0.968 bits per heavy atom. The van der Waals surface area contributed by atoms with E-state index in [1.165, 1.54) is 11.1 Å². The number of ether oxygens (including phenoxy) is 2. The second-order valence-corrected chi connectivity index (χ2v) is 7.77. The maximum absolute atomic E-state index is 12.5. The molecule has 3 aromatic rings. The number of nitrogens with one attached hydrogen (secondary N) is 1. The molecule has 2 N–H and O–H groups in total. The summed E-state index contributed by atoms with van der Waals surface area (Å²) in [7, 11) is 0. The molecule has 1 aliphatic carbocycles. The summed E-state index contributed by atoms with van der Waals surface area (Å²) in [6.45, 7) is 0.491.